The topological polar surface area (TPSA) is 137 Å². The number of halogens is 1. The molecule has 0 saturated carbocycles. The summed E-state index contributed by atoms with van der Waals surface area (Å²) in [5.41, 5.74) is -0.228. The van der Waals surface area contributed by atoms with Gasteiger partial charge in [0, 0.05) is 23.6 Å². The summed E-state index contributed by atoms with van der Waals surface area (Å²) in [6, 6.07) is 8.75. The second-order valence-electron chi connectivity index (χ2n) is 5.84. The van der Waals surface area contributed by atoms with Gasteiger partial charge in [0.15, 0.2) is 10.7 Å². The van der Waals surface area contributed by atoms with Crippen LogP contribution >= 0.6 is 11.6 Å². The van der Waals surface area contributed by atoms with E-state index in [0.717, 1.165) is 12.1 Å². The number of rotatable bonds is 7. The molecular formula is C17H15ClN4O6S. The zero-order chi connectivity index (χ0) is 21.2. The second kappa shape index (κ2) is 8.15. The molecule has 0 radical (unpaired) electrons. The Labute approximate surface area is 170 Å². The number of para-hydroxylation sites is 1. The van der Waals surface area contributed by atoms with Gasteiger partial charge < -0.3 is 9.26 Å². The van der Waals surface area contributed by atoms with Crippen LogP contribution in [0.25, 0.3) is 0 Å². The van der Waals surface area contributed by atoms with E-state index in [1.165, 1.54) is 13.2 Å². The van der Waals surface area contributed by atoms with E-state index in [4.69, 9.17) is 20.9 Å². The maximum atomic E-state index is 13.1. The number of ether oxygens (including phenoxy) is 1. The van der Waals surface area contributed by atoms with Crippen molar-refractivity contribution >= 4 is 27.3 Å². The first-order valence-electron chi connectivity index (χ1n) is 8.12. The van der Waals surface area contributed by atoms with Gasteiger partial charge in [-0.3, -0.25) is 10.1 Å². The molecular weight excluding hydrogens is 424 g/mol. The molecule has 0 unspecified atom stereocenters. The van der Waals surface area contributed by atoms with Crippen molar-refractivity contribution in [3.8, 4) is 5.75 Å². The molecule has 1 atom stereocenters. The standard InChI is InChI=1S/C17H15ClN4O6S/c1-10-19-17(20-28-10)16(12-5-3-4-6-14(12)27-2)21-29(25,26)15-9-11(18)7-8-13(15)22(23)24/h3-9,16,21H,1-2H3/t16-/m0/s1. The minimum absolute atomic E-state index is 0.0141. The average Bonchev–Trinajstić information content (AvgIpc) is 3.12. The SMILES string of the molecule is COc1ccccc1[C@H](NS(=O)(=O)c1cc(Cl)ccc1[N+](=O)[O-])c1noc(C)n1. The van der Waals surface area contributed by atoms with Gasteiger partial charge in [0.1, 0.15) is 11.8 Å². The van der Waals surface area contributed by atoms with Crippen LogP contribution in [0.5, 0.6) is 5.75 Å². The third kappa shape index (κ3) is 4.36. The fourth-order valence-corrected chi connectivity index (χ4v) is 4.27. The van der Waals surface area contributed by atoms with Gasteiger partial charge in [-0.25, -0.2) is 8.42 Å². The number of nitro groups is 1. The molecule has 12 heteroatoms. The molecule has 0 saturated heterocycles. The molecule has 152 valence electrons. The minimum atomic E-state index is -4.42. The Bertz CT molecular complexity index is 1160. The van der Waals surface area contributed by atoms with Crippen molar-refractivity contribution < 1.29 is 22.6 Å². The summed E-state index contributed by atoms with van der Waals surface area (Å²) in [5.74, 6) is 0.594. The van der Waals surface area contributed by atoms with Gasteiger partial charge in [-0.15, -0.1) is 0 Å². The van der Waals surface area contributed by atoms with Crippen molar-refractivity contribution in [3.05, 3.63) is 74.9 Å². The molecule has 3 rings (SSSR count). The molecule has 0 bridgehead atoms. The summed E-state index contributed by atoms with van der Waals surface area (Å²) in [5, 5.41) is 15.1. The fraction of sp³-hybridized carbons (Fsp3) is 0.176. The predicted octanol–water partition coefficient (Wildman–Crippen LogP) is 3.02. The largest absolute Gasteiger partial charge is 0.496 e. The monoisotopic (exact) mass is 438 g/mol. The molecule has 0 aliphatic heterocycles. The summed E-state index contributed by atoms with van der Waals surface area (Å²) in [7, 11) is -3.00. The van der Waals surface area contributed by atoms with Crippen molar-refractivity contribution in [1.82, 2.24) is 14.9 Å². The molecule has 1 aromatic heterocycles. The first-order chi connectivity index (χ1) is 13.7. The molecule has 0 amide bonds. The number of nitrogens with zero attached hydrogens (tertiary/aromatic N) is 3. The third-order valence-electron chi connectivity index (χ3n) is 3.93. The lowest BCUT2D eigenvalue weighted by Gasteiger charge is -2.18. The van der Waals surface area contributed by atoms with Crippen LogP contribution in [0.4, 0.5) is 5.69 Å². The summed E-state index contributed by atoms with van der Waals surface area (Å²) < 4.78 is 38.8. The average molecular weight is 439 g/mol. The summed E-state index contributed by atoms with van der Waals surface area (Å²) in [4.78, 5) is 14.0. The zero-order valence-electron chi connectivity index (χ0n) is 15.2. The summed E-state index contributed by atoms with van der Waals surface area (Å²) in [6.07, 6.45) is 0. The van der Waals surface area contributed by atoms with Crippen LogP contribution in [0.1, 0.15) is 23.3 Å². The molecule has 3 aromatic rings. The fourth-order valence-electron chi connectivity index (χ4n) is 2.67. The van der Waals surface area contributed by atoms with E-state index in [1.54, 1.807) is 31.2 Å². The first kappa shape index (κ1) is 20.7. The number of aromatic nitrogens is 2. The molecule has 0 spiro atoms. The van der Waals surface area contributed by atoms with Crippen LogP contribution in [0.3, 0.4) is 0 Å². The Morgan fingerprint density at radius 1 is 1.28 bits per heavy atom. The Kier molecular flexibility index (Phi) is 5.82. The van der Waals surface area contributed by atoms with Crippen molar-refractivity contribution in [3.63, 3.8) is 0 Å². The zero-order valence-corrected chi connectivity index (χ0v) is 16.8. The van der Waals surface area contributed by atoms with Gasteiger partial charge in [-0.2, -0.15) is 9.71 Å². The lowest BCUT2D eigenvalue weighted by Crippen LogP contribution is -2.31. The van der Waals surface area contributed by atoms with Gasteiger partial charge in [-0.05, 0) is 18.2 Å². The van der Waals surface area contributed by atoms with E-state index >= 15 is 0 Å². The second-order valence-corrected chi connectivity index (χ2v) is 7.96. The lowest BCUT2D eigenvalue weighted by atomic mass is 10.1. The highest BCUT2D eigenvalue weighted by Crippen LogP contribution is 2.32. The van der Waals surface area contributed by atoms with Crippen molar-refractivity contribution in [2.45, 2.75) is 17.9 Å². The van der Waals surface area contributed by atoms with Crippen LogP contribution in [-0.4, -0.2) is 30.6 Å². The molecule has 1 N–H and O–H groups in total. The molecule has 10 nitrogen and oxygen atoms in total. The van der Waals surface area contributed by atoms with Gasteiger partial charge in [0.2, 0.25) is 15.9 Å². The quantitative estimate of drug-likeness (QED) is 0.438. The van der Waals surface area contributed by atoms with Crippen molar-refractivity contribution in [2.24, 2.45) is 0 Å². The van der Waals surface area contributed by atoms with E-state index < -0.39 is 31.6 Å². The Morgan fingerprint density at radius 2 is 2.00 bits per heavy atom. The van der Waals surface area contributed by atoms with Crippen molar-refractivity contribution in [2.75, 3.05) is 7.11 Å². The summed E-state index contributed by atoms with van der Waals surface area (Å²) in [6.45, 7) is 1.55. The molecule has 0 aliphatic rings. The number of benzene rings is 2. The van der Waals surface area contributed by atoms with Crippen LogP contribution < -0.4 is 9.46 Å². The molecule has 1 heterocycles. The van der Waals surface area contributed by atoms with Crippen molar-refractivity contribution in [1.29, 1.82) is 0 Å². The lowest BCUT2D eigenvalue weighted by molar-refractivity contribution is -0.387. The van der Waals surface area contributed by atoms with Crippen LogP contribution in [0.2, 0.25) is 5.02 Å². The highest BCUT2D eigenvalue weighted by Gasteiger charge is 2.33. The highest BCUT2D eigenvalue weighted by molar-refractivity contribution is 7.89. The number of aryl methyl sites for hydroxylation is 1. The number of hydrogen-bond acceptors (Lipinski definition) is 8. The van der Waals surface area contributed by atoms with E-state index in [9.17, 15) is 18.5 Å². The van der Waals surface area contributed by atoms with E-state index in [1.807, 2.05) is 0 Å². The minimum Gasteiger partial charge on any atom is -0.496 e. The number of hydrogen-bond donors (Lipinski definition) is 1. The smallest absolute Gasteiger partial charge is 0.289 e. The first-order valence-corrected chi connectivity index (χ1v) is 9.98. The number of sulfonamides is 1. The molecule has 2 aromatic carbocycles. The van der Waals surface area contributed by atoms with Gasteiger partial charge in [0.25, 0.3) is 5.69 Å². The number of nitro benzene ring substituents is 1. The third-order valence-corrected chi connectivity index (χ3v) is 5.62. The van der Waals surface area contributed by atoms with Crippen LogP contribution in [0, 0.1) is 17.0 Å². The molecule has 0 aliphatic carbocycles. The van der Waals surface area contributed by atoms with Crippen LogP contribution in [0.15, 0.2) is 51.9 Å². The Hall–Kier alpha value is -3.02. The predicted molar refractivity (Wildman–Crippen MR) is 102 cm³/mol. The van der Waals surface area contributed by atoms with Crippen LogP contribution in [-0.2, 0) is 10.0 Å². The maximum Gasteiger partial charge on any atom is 0.289 e. The van der Waals surface area contributed by atoms with Gasteiger partial charge >= 0.3 is 0 Å². The van der Waals surface area contributed by atoms with E-state index in [2.05, 4.69) is 14.9 Å². The van der Waals surface area contributed by atoms with E-state index in [-0.39, 0.29) is 16.7 Å². The summed E-state index contributed by atoms with van der Waals surface area (Å²) >= 11 is 5.87. The highest BCUT2D eigenvalue weighted by atomic mass is 35.5. The molecule has 0 fully saturated rings. The van der Waals surface area contributed by atoms with Gasteiger partial charge in [0.05, 0.1) is 12.0 Å². The number of methoxy groups -OCH3 is 1. The Morgan fingerprint density at radius 3 is 2.62 bits per heavy atom. The maximum absolute atomic E-state index is 13.1. The van der Waals surface area contributed by atoms with E-state index in [0.29, 0.717) is 11.3 Å². The normalized spacial score (nSPS) is 12.5. The Balaban J connectivity index is 2.14. The number of nitrogens with one attached hydrogen (secondary N) is 1. The molecule has 29 heavy (non-hydrogen) atoms. The van der Waals surface area contributed by atoms with Gasteiger partial charge in [-0.1, -0.05) is 35.0 Å².